The third kappa shape index (κ3) is 4.34. The maximum Gasteiger partial charge on any atom is 0.340 e. The Morgan fingerprint density at radius 2 is 1.27 bits per heavy atom. The van der Waals surface area contributed by atoms with Crippen LogP contribution in [-0.4, -0.2) is 31.6 Å². The van der Waals surface area contributed by atoms with Gasteiger partial charge < -0.3 is 18.6 Å². The monoisotopic (exact) mass is 394 g/mol. The van der Waals surface area contributed by atoms with E-state index in [2.05, 4.69) is 0 Å². The van der Waals surface area contributed by atoms with E-state index < -0.39 is 21.3 Å². The van der Waals surface area contributed by atoms with Gasteiger partial charge in [0.1, 0.15) is 5.16 Å². The smallest absolute Gasteiger partial charge is 0.340 e. The van der Waals surface area contributed by atoms with Gasteiger partial charge in [-0.1, -0.05) is 60.7 Å². The van der Waals surface area contributed by atoms with E-state index >= 15 is 0 Å². The van der Waals surface area contributed by atoms with Crippen LogP contribution in [0.2, 0.25) is 12.6 Å². The fraction of sp³-hybridized carbons (Fsp3) is 0.368. The summed E-state index contributed by atoms with van der Waals surface area (Å²) in [5.74, 6) is 0. The third-order valence-corrected chi connectivity index (χ3v) is 9.41. The van der Waals surface area contributed by atoms with Crippen LogP contribution in [0.3, 0.4) is 0 Å². The molecule has 0 aromatic heterocycles. The molecule has 0 aliphatic heterocycles. The second-order valence-electron chi connectivity index (χ2n) is 6.31. The summed E-state index contributed by atoms with van der Waals surface area (Å²) in [6.07, 6.45) is 0. The lowest BCUT2D eigenvalue weighted by atomic mass is 9.92. The average molecular weight is 394 g/mol. The summed E-state index contributed by atoms with van der Waals surface area (Å²) in [6, 6.07) is 18.0. The zero-order chi connectivity index (χ0) is 19.3. The first-order chi connectivity index (χ1) is 12.3. The van der Waals surface area contributed by atoms with Gasteiger partial charge in [0.25, 0.3) is 0 Å². The molecular weight excluding hydrogens is 367 g/mol. The molecule has 0 aliphatic rings. The largest absolute Gasteiger partial charge is 0.395 e. The summed E-state index contributed by atoms with van der Waals surface area (Å²) in [7, 11) is -7.47. The highest BCUT2D eigenvalue weighted by Crippen LogP contribution is 2.64. The Morgan fingerprint density at radius 3 is 1.58 bits per heavy atom. The highest BCUT2D eigenvalue weighted by molar-refractivity contribution is 7.53. The molecule has 142 valence electrons. The maximum absolute atomic E-state index is 12.9. The van der Waals surface area contributed by atoms with Crippen molar-refractivity contribution in [1.82, 2.24) is 0 Å². The lowest BCUT2D eigenvalue weighted by Gasteiger charge is -2.40. The first-order valence-electron chi connectivity index (χ1n) is 8.73. The average Bonchev–Trinajstić information content (AvgIpc) is 2.60. The fourth-order valence-corrected chi connectivity index (χ4v) is 8.96. The van der Waals surface area contributed by atoms with Crippen LogP contribution in [0.25, 0.3) is 0 Å². The Hall–Kier alpha value is -1.27. The van der Waals surface area contributed by atoms with E-state index in [1.165, 1.54) is 0 Å². The standard InChI is InChI=1S/C19H27O5PSi/c1-4-23-26(3,24-5-2)16-19(25(20,21)22,17-12-8-6-9-13-17)18-14-10-7-11-15-18/h6-15H,4-5,16H2,1-3H3,(H2,20,21,22). The molecule has 0 saturated carbocycles. The number of hydrogen-bond acceptors (Lipinski definition) is 3. The molecule has 0 bridgehead atoms. The minimum absolute atomic E-state index is 0.125. The molecule has 0 amide bonds. The lowest BCUT2D eigenvalue weighted by Crippen LogP contribution is -2.46. The Bertz CT molecular complexity index is 687. The van der Waals surface area contributed by atoms with Crippen molar-refractivity contribution in [3.63, 3.8) is 0 Å². The minimum atomic E-state index is -4.62. The zero-order valence-electron chi connectivity index (χ0n) is 15.5. The van der Waals surface area contributed by atoms with Crippen LogP contribution in [0.1, 0.15) is 25.0 Å². The van der Waals surface area contributed by atoms with E-state index in [4.69, 9.17) is 8.85 Å². The fourth-order valence-electron chi connectivity index (χ4n) is 3.46. The molecule has 0 heterocycles. The van der Waals surface area contributed by atoms with Gasteiger partial charge in [-0.15, -0.1) is 0 Å². The Balaban J connectivity index is 2.74. The molecule has 0 atom stereocenters. The summed E-state index contributed by atoms with van der Waals surface area (Å²) in [5.41, 5.74) is 1.13. The second kappa shape index (κ2) is 8.61. The number of benzene rings is 2. The second-order valence-corrected chi connectivity index (χ2v) is 11.4. The van der Waals surface area contributed by atoms with Crippen molar-refractivity contribution < 1.29 is 23.2 Å². The van der Waals surface area contributed by atoms with Crippen LogP contribution in [0.5, 0.6) is 0 Å². The highest BCUT2D eigenvalue weighted by atomic mass is 31.2. The third-order valence-electron chi connectivity index (χ3n) is 4.48. The van der Waals surface area contributed by atoms with Gasteiger partial charge in [-0.25, -0.2) is 0 Å². The van der Waals surface area contributed by atoms with Crippen LogP contribution in [0.15, 0.2) is 60.7 Å². The van der Waals surface area contributed by atoms with Gasteiger partial charge in [-0.3, -0.25) is 4.57 Å². The first-order valence-corrected chi connectivity index (χ1v) is 12.9. The van der Waals surface area contributed by atoms with Crippen LogP contribution in [0.4, 0.5) is 0 Å². The van der Waals surface area contributed by atoms with Crippen LogP contribution in [0, 0.1) is 0 Å². The topological polar surface area (TPSA) is 76.0 Å². The van der Waals surface area contributed by atoms with Crippen molar-refractivity contribution in [2.24, 2.45) is 0 Å². The van der Waals surface area contributed by atoms with Gasteiger partial charge in [0.15, 0.2) is 0 Å². The van der Waals surface area contributed by atoms with Gasteiger partial charge in [0.2, 0.25) is 0 Å². The Morgan fingerprint density at radius 1 is 0.885 bits per heavy atom. The van der Waals surface area contributed by atoms with Crippen LogP contribution < -0.4 is 0 Å². The maximum atomic E-state index is 12.9. The normalized spacial score (nSPS) is 13.0. The summed E-state index contributed by atoms with van der Waals surface area (Å²) in [6.45, 7) is 6.48. The van der Waals surface area contributed by atoms with Crippen LogP contribution >= 0.6 is 7.60 Å². The van der Waals surface area contributed by atoms with E-state index in [9.17, 15) is 14.4 Å². The molecule has 0 saturated heterocycles. The predicted molar refractivity (Wildman–Crippen MR) is 105 cm³/mol. The van der Waals surface area contributed by atoms with Gasteiger partial charge in [0.05, 0.1) is 0 Å². The van der Waals surface area contributed by atoms with Crippen molar-refractivity contribution in [3.8, 4) is 0 Å². The molecule has 2 rings (SSSR count). The number of rotatable bonds is 9. The molecule has 0 spiro atoms. The van der Waals surface area contributed by atoms with Gasteiger partial charge in [0, 0.05) is 19.3 Å². The molecule has 0 fully saturated rings. The molecule has 2 aromatic carbocycles. The van der Waals surface area contributed by atoms with E-state index in [-0.39, 0.29) is 6.04 Å². The van der Waals surface area contributed by atoms with Gasteiger partial charge in [-0.2, -0.15) is 0 Å². The summed E-state index contributed by atoms with van der Waals surface area (Å²) >= 11 is 0. The molecule has 2 aromatic rings. The SMILES string of the molecule is CCO[Si](C)(CC(c1ccccc1)(c1ccccc1)P(=O)(O)O)OCC. The first kappa shape index (κ1) is 21.0. The molecule has 5 nitrogen and oxygen atoms in total. The van der Waals surface area contributed by atoms with Gasteiger partial charge in [-0.05, 0) is 31.5 Å². The zero-order valence-corrected chi connectivity index (χ0v) is 17.4. The summed E-state index contributed by atoms with van der Waals surface area (Å²) in [4.78, 5) is 21.1. The van der Waals surface area contributed by atoms with E-state index in [0.29, 0.717) is 24.3 Å². The van der Waals surface area contributed by atoms with E-state index in [0.717, 1.165) is 0 Å². The molecule has 0 unspecified atom stereocenters. The lowest BCUT2D eigenvalue weighted by molar-refractivity contribution is 0.184. The predicted octanol–water partition coefficient (Wildman–Crippen LogP) is 4.25. The number of hydrogen-bond donors (Lipinski definition) is 2. The molecule has 26 heavy (non-hydrogen) atoms. The van der Waals surface area contributed by atoms with Crippen LogP contribution in [-0.2, 0) is 18.6 Å². The van der Waals surface area contributed by atoms with E-state index in [1.54, 1.807) is 48.5 Å². The Labute approximate surface area is 156 Å². The summed E-state index contributed by atoms with van der Waals surface area (Å²) < 4.78 is 24.8. The van der Waals surface area contributed by atoms with E-state index in [1.807, 2.05) is 32.5 Å². The van der Waals surface area contributed by atoms with Crippen molar-refractivity contribution >= 4 is 16.2 Å². The van der Waals surface area contributed by atoms with Crippen molar-refractivity contribution in [2.45, 2.75) is 31.6 Å². The molecule has 0 aliphatic carbocycles. The molecule has 7 heteroatoms. The minimum Gasteiger partial charge on any atom is -0.395 e. The van der Waals surface area contributed by atoms with Gasteiger partial charge >= 0.3 is 16.2 Å². The molecule has 2 N–H and O–H groups in total. The Kier molecular flexibility index (Phi) is 6.97. The van der Waals surface area contributed by atoms with Crippen molar-refractivity contribution in [2.75, 3.05) is 13.2 Å². The molecule has 0 radical (unpaired) electrons. The van der Waals surface area contributed by atoms with Crippen molar-refractivity contribution in [1.29, 1.82) is 0 Å². The molecular formula is C19H27O5PSi. The van der Waals surface area contributed by atoms with Crippen molar-refractivity contribution in [3.05, 3.63) is 71.8 Å². The highest BCUT2D eigenvalue weighted by Gasteiger charge is 2.55. The summed E-state index contributed by atoms with van der Waals surface area (Å²) in [5, 5.41) is -1.51. The quantitative estimate of drug-likeness (QED) is 0.491.